The number of carbonyl (C=O) groups excluding carboxylic acids is 1. The fourth-order valence-electron chi connectivity index (χ4n) is 5.30. The van der Waals surface area contributed by atoms with Gasteiger partial charge in [-0.15, -0.1) is 11.3 Å². The molecule has 1 aromatic carbocycles. The molecule has 4 heterocycles. The third kappa shape index (κ3) is 5.00. The van der Waals surface area contributed by atoms with Crippen molar-refractivity contribution in [3.63, 3.8) is 0 Å². The number of rotatable bonds is 5. The fourth-order valence-corrected chi connectivity index (χ4v) is 7.46. The van der Waals surface area contributed by atoms with Crippen LogP contribution in [0.5, 0.6) is 0 Å². The first-order chi connectivity index (χ1) is 17.6. The second-order valence-electron chi connectivity index (χ2n) is 9.48. The van der Waals surface area contributed by atoms with Crippen molar-refractivity contribution in [2.24, 2.45) is 0 Å². The van der Waals surface area contributed by atoms with Gasteiger partial charge in [0.2, 0.25) is 0 Å². The van der Waals surface area contributed by atoms with E-state index in [0.29, 0.717) is 15.7 Å². The summed E-state index contributed by atoms with van der Waals surface area (Å²) in [6.45, 7) is 4.08. The standard InChI is InChI=1S/C27H28ClN5OS2/c28-20-16-23(35-17-20)24-26(33-13-11-32(12-14-33)21-6-2-1-3-7-21)36-27(30-24)31-25(34)19-8-9-22-18(15-19)5-4-10-29-22/h4-5,8-10,15-17,21H,1-3,6-7,11-14H2,(H,30,31,34). The molecule has 4 aromatic rings. The van der Waals surface area contributed by atoms with Gasteiger partial charge in [0.15, 0.2) is 5.13 Å². The second kappa shape index (κ2) is 10.5. The van der Waals surface area contributed by atoms with Gasteiger partial charge in [-0.05, 0) is 43.2 Å². The Kier molecular flexibility index (Phi) is 6.93. The lowest BCUT2D eigenvalue weighted by Gasteiger charge is -2.41. The van der Waals surface area contributed by atoms with Gasteiger partial charge in [-0.3, -0.25) is 20.0 Å². The normalized spacial score (nSPS) is 17.5. The summed E-state index contributed by atoms with van der Waals surface area (Å²) < 4.78 is 0. The lowest BCUT2D eigenvalue weighted by molar-refractivity contribution is 0.102. The number of carbonyl (C=O) groups is 1. The molecule has 1 N–H and O–H groups in total. The summed E-state index contributed by atoms with van der Waals surface area (Å²) in [6.07, 6.45) is 8.53. The molecule has 1 amide bonds. The van der Waals surface area contributed by atoms with E-state index in [2.05, 4.69) is 20.1 Å². The van der Waals surface area contributed by atoms with E-state index in [1.165, 1.54) is 32.1 Å². The van der Waals surface area contributed by atoms with Crippen LogP contribution in [0.3, 0.4) is 0 Å². The van der Waals surface area contributed by atoms with Crippen molar-refractivity contribution < 1.29 is 4.79 Å². The van der Waals surface area contributed by atoms with Crippen LogP contribution in [0.4, 0.5) is 10.1 Å². The smallest absolute Gasteiger partial charge is 0.257 e. The van der Waals surface area contributed by atoms with Crippen molar-refractivity contribution in [2.45, 2.75) is 38.1 Å². The third-order valence-corrected chi connectivity index (χ3v) is 9.50. The van der Waals surface area contributed by atoms with Gasteiger partial charge in [0.25, 0.3) is 5.91 Å². The SMILES string of the molecule is O=C(Nc1nc(-c2cc(Cl)cs2)c(N2CCN(C3CCCCC3)CC2)s1)c1ccc2ncccc2c1. The molecule has 3 aromatic heterocycles. The first kappa shape index (κ1) is 23.9. The molecule has 1 saturated carbocycles. The predicted octanol–water partition coefficient (Wildman–Crippen LogP) is 6.78. The van der Waals surface area contributed by atoms with Crippen molar-refractivity contribution in [2.75, 3.05) is 36.4 Å². The van der Waals surface area contributed by atoms with Crippen LogP contribution in [0, 0.1) is 0 Å². The summed E-state index contributed by atoms with van der Waals surface area (Å²) in [5, 5.41) is 8.34. The number of benzene rings is 1. The average molecular weight is 538 g/mol. The van der Waals surface area contributed by atoms with E-state index in [1.807, 2.05) is 41.8 Å². The highest BCUT2D eigenvalue weighted by Crippen LogP contribution is 2.42. The Balaban J connectivity index is 1.23. The second-order valence-corrected chi connectivity index (χ2v) is 11.8. The zero-order chi connectivity index (χ0) is 24.5. The van der Waals surface area contributed by atoms with Gasteiger partial charge in [0, 0.05) is 54.7 Å². The van der Waals surface area contributed by atoms with Crippen LogP contribution in [0.2, 0.25) is 5.02 Å². The van der Waals surface area contributed by atoms with Crippen LogP contribution in [-0.4, -0.2) is 53.0 Å². The molecule has 0 radical (unpaired) electrons. The Morgan fingerprint density at radius 1 is 1.06 bits per heavy atom. The Labute approximate surface area is 223 Å². The highest BCUT2D eigenvalue weighted by atomic mass is 35.5. The van der Waals surface area contributed by atoms with Crippen molar-refractivity contribution in [1.29, 1.82) is 0 Å². The minimum absolute atomic E-state index is 0.168. The summed E-state index contributed by atoms with van der Waals surface area (Å²) in [5.41, 5.74) is 2.37. The molecule has 2 fully saturated rings. The molecular formula is C27H28ClN5OS2. The summed E-state index contributed by atoms with van der Waals surface area (Å²) >= 11 is 9.40. The molecular weight excluding hydrogens is 510 g/mol. The number of thiazole rings is 1. The van der Waals surface area contributed by atoms with Crippen molar-refractivity contribution in [1.82, 2.24) is 14.9 Å². The number of nitrogens with zero attached hydrogens (tertiary/aromatic N) is 4. The first-order valence-electron chi connectivity index (χ1n) is 12.5. The molecule has 9 heteroatoms. The van der Waals surface area contributed by atoms with Gasteiger partial charge in [-0.1, -0.05) is 48.3 Å². The number of anilines is 2. The van der Waals surface area contributed by atoms with Crippen LogP contribution in [0.25, 0.3) is 21.5 Å². The summed E-state index contributed by atoms with van der Waals surface area (Å²) in [4.78, 5) is 28.5. The summed E-state index contributed by atoms with van der Waals surface area (Å²) in [6, 6.07) is 12.1. The largest absolute Gasteiger partial charge is 0.359 e. The molecule has 36 heavy (non-hydrogen) atoms. The monoisotopic (exact) mass is 537 g/mol. The maximum atomic E-state index is 13.1. The van der Waals surface area contributed by atoms with Crippen molar-refractivity contribution >= 4 is 61.2 Å². The zero-order valence-corrected chi connectivity index (χ0v) is 22.3. The number of hydrogen-bond donors (Lipinski definition) is 1. The van der Waals surface area contributed by atoms with E-state index in [4.69, 9.17) is 16.6 Å². The van der Waals surface area contributed by atoms with Gasteiger partial charge in [-0.25, -0.2) is 4.98 Å². The number of thiophene rings is 1. The average Bonchev–Trinajstić information content (AvgIpc) is 3.55. The van der Waals surface area contributed by atoms with Crippen LogP contribution in [0.1, 0.15) is 42.5 Å². The number of halogens is 1. The molecule has 0 unspecified atom stereocenters. The summed E-state index contributed by atoms with van der Waals surface area (Å²) in [7, 11) is 0. The molecule has 6 rings (SSSR count). The highest BCUT2D eigenvalue weighted by Gasteiger charge is 2.28. The van der Waals surface area contributed by atoms with Crippen molar-refractivity contribution in [3.8, 4) is 10.6 Å². The third-order valence-electron chi connectivity index (χ3n) is 7.19. The van der Waals surface area contributed by atoms with E-state index < -0.39 is 0 Å². The number of aromatic nitrogens is 2. The minimum atomic E-state index is -0.168. The predicted molar refractivity (Wildman–Crippen MR) is 151 cm³/mol. The number of piperazine rings is 1. The quantitative estimate of drug-likeness (QED) is 0.304. The Morgan fingerprint density at radius 2 is 1.89 bits per heavy atom. The van der Waals surface area contributed by atoms with Crippen LogP contribution < -0.4 is 10.2 Å². The van der Waals surface area contributed by atoms with E-state index in [1.54, 1.807) is 28.9 Å². The van der Waals surface area contributed by atoms with Crippen LogP contribution in [0.15, 0.2) is 48.0 Å². The number of hydrogen-bond acceptors (Lipinski definition) is 7. The van der Waals surface area contributed by atoms with E-state index >= 15 is 0 Å². The maximum Gasteiger partial charge on any atom is 0.257 e. The van der Waals surface area contributed by atoms with Gasteiger partial charge < -0.3 is 4.90 Å². The number of amides is 1. The molecule has 0 atom stereocenters. The van der Waals surface area contributed by atoms with Gasteiger partial charge in [0.05, 0.1) is 15.4 Å². The summed E-state index contributed by atoms with van der Waals surface area (Å²) in [5.74, 6) is -0.168. The Hall–Kier alpha value is -2.52. The molecule has 1 aliphatic heterocycles. The van der Waals surface area contributed by atoms with Crippen molar-refractivity contribution in [3.05, 3.63) is 58.6 Å². The zero-order valence-electron chi connectivity index (χ0n) is 20.0. The topological polar surface area (TPSA) is 61.4 Å². The first-order valence-corrected chi connectivity index (χ1v) is 14.6. The van der Waals surface area contributed by atoms with E-state index in [9.17, 15) is 4.79 Å². The molecule has 2 aliphatic rings. The molecule has 186 valence electrons. The molecule has 1 aliphatic carbocycles. The lowest BCUT2D eigenvalue weighted by Crippen LogP contribution is -2.50. The molecule has 0 bridgehead atoms. The van der Waals surface area contributed by atoms with Crippen LogP contribution in [-0.2, 0) is 0 Å². The lowest BCUT2D eigenvalue weighted by atomic mass is 9.94. The highest BCUT2D eigenvalue weighted by molar-refractivity contribution is 7.21. The maximum absolute atomic E-state index is 13.1. The number of nitrogens with one attached hydrogen (secondary N) is 1. The van der Waals surface area contributed by atoms with E-state index in [0.717, 1.165) is 58.7 Å². The van der Waals surface area contributed by atoms with Gasteiger partial charge in [0.1, 0.15) is 10.7 Å². The molecule has 0 spiro atoms. The number of pyridine rings is 1. The van der Waals surface area contributed by atoms with Gasteiger partial charge in [-0.2, -0.15) is 0 Å². The van der Waals surface area contributed by atoms with Gasteiger partial charge >= 0.3 is 0 Å². The van der Waals surface area contributed by atoms with Crippen LogP contribution >= 0.6 is 34.3 Å². The Bertz CT molecular complexity index is 1370. The fraction of sp³-hybridized carbons (Fsp3) is 0.370. The Morgan fingerprint density at radius 3 is 2.67 bits per heavy atom. The number of fused-ring (bicyclic) bond motifs is 1. The molecule has 6 nitrogen and oxygen atoms in total. The van der Waals surface area contributed by atoms with E-state index in [-0.39, 0.29) is 5.91 Å². The molecule has 1 saturated heterocycles. The minimum Gasteiger partial charge on any atom is -0.359 e.